The third-order valence-electron chi connectivity index (χ3n) is 2.51. The SMILES string of the molecule is COCCC(C)NC(=O)Nc1ccc(OCC(F)(F)F)nc1. The van der Waals surface area contributed by atoms with Crippen molar-refractivity contribution in [3.63, 3.8) is 0 Å². The van der Waals surface area contributed by atoms with Gasteiger partial charge in [0.15, 0.2) is 6.61 Å². The second kappa shape index (κ2) is 8.42. The molecule has 0 bridgehead atoms. The van der Waals surface area contributed by atoms with Gasteiger partial charge in [0.1, 0.15) is 0 Å². The topological polar surface area (TPSA) is 72.5 Å². The Morgan fingerprint density at radius 1 is 1.41 bits per heavy atom. The fourth-order valence-corrected chi connectivity index (χ4v) is 1.45. The molecule has 0 aromatic carbocycles. The molecule has 1 unspecified atom stereocenters. The van der Waals surface area contributed by atoms with Crippen LogP contribution in [0.5, 0.6) is 5.88 Å². The fraction of sp³-hybridized carbons (Fsp3) is 0.538. The van der Waals surface area contributed by atoms with E-state index in [0.717, 1.165) is 0 Å². The predicted molar refractivity (Wildman–Crippen MR) is 73.9 cm³/mol. The zero-order valence-electron chi connectivity index (χ0n) is 12.2. The van der Waals surface area contributed by atoms with Gasteiger partial charge in [-0.3, -0.25) is 0 Å². The van der Waals surface area contributed by atoms with E-state index in [9.17, 15) is 18.0 Å². The van der Waals surface area contributed by atoms with E-state index in [1.807, 2.05) is 6.92 Å². The Bertz CT molecular complexity index is 466. The second-order valence-corrected chi connectivity index (χ2v) is 4.57. The molecule has 1 atom stereocenters. The van der Waals surface area contributed by atoms with E-state index in [1.54, 1.807) is 7.11 Å². The molecule has 0 saturated carbocycles. The molecular weight excluding hydrogens is 303 g/mol. The van der Waals surface area contributed by atoms with Crippen LogP contribution in [0, 0.1) is 0 Å². The van der Waals surface area contributed by atoms with Crippen LogP contribution in [-0.4, -0.2) is 43.6 Å². The molecule has 1 aromatic heterocycles. The number of carbonyl (C=O) groups is 1. The Balaban J connectivity index is 2.41. The van der Waals surface area contributed by atoms with Crippen LogP contribution in [0.2, 0.25) is 0 Å². The van der Waals surface area contributed by atoms with Crippen molar-refractivity contribution in [3.05, 3.63) is 18.3 Å². The summed E-state index contributed by atoms with van der Waals surface area (Å²) >= 11 is 0. The lowest BCUT2D eigenvalue weighted by Gasteiger charge is -2.14. The molecule has 0 saturated heterocycles. The molecule has 0 radical (unpaired) electrons. The highest BCUT2D eigenvalue weighted by molar-refractivity contribution is 5.89. The van der Waals surface area contributed by atoms with Gasteiger partial charge in [0.05, 0.1) is 11.9 Å². The molecular formula is C13H18F3N3O3. The summed E-state index contributed by atoms with van der Waals surface area (Å²) in [6.07, 6.45) is -2.55. The molecule has 0 aliphatic carbocycles. The summed E-state index contributed by atoms with van der Waals surface area (Å²) in [5.41, 5.74) is 0.343. The van der Waals surface area contributed by atoms with Crippen molar-refractivity contribution < 1.29 is 27.4 Å². The molecule has 0 aliphatic rings. The minimum Gasteiger partial charge on any atom is -0.468 e. The number of urea groups is 1. The predicted octanol–water partition coefficient (Wildman–Crippen LogP) is 2.57. The lowest BCUT2D eigenvalue weighted by atomic mass is 10.2. The number of carbonyl (C=O) groups excluding carboxylic acids is 1. The van der Waals surface area contributed by atoms with Gasteiger partial charge in [-0.15, -0.1) is 0 Å². The maximum absolute atomic E-state index is 12.0. The van der Waals surface area contributed by atoms with E-state index >= 15 is 0 Å². The maximum Gasteiger partial charge on any atom is 0.422 e. The van der Waals surface area contributed by atoms with Crippen molar-refractivity contribution in [1.29, 1.82) is 0 Å². The van der Waals surface area contributed by atoms with Gasteiger partial charge < -0.3 is 20.1 Å². The van der Waals surface area contributed by atoms with Crippen LogP contribution in [0.15, 0.2) is 18.3 Å². The highest BCUT2D eigenvalue weighted by Gasteiger charge is 2.28. The first-order chi connectivity index (χ1) is 10.3. The molecule has 2 N–H and O–H groups in total. The zero-order chi connectivity index (χ0) is 16.6. The highest BCUT2D eigenvalue weighted by atomic mass is 19.4. The third kappa shape index (κ3) is 7.67. The lowest BCUT2D eigenvalue weighted by molar-refractivity contribution is -0.154. The van der Waals surface area contributed by atoms with Gasteiger partial charge in [-0.05, 0) is 19.4 Å². The first-order valence-electron chi connectivity index (χ1n) is 6.52. The van der Waals surface area contributed by atoms with E-state index in [1.165, 1.54) is 18.3 Å². The number of amides is 2. The van der Waals surface area contributed by atoms with Crippen molar-refractivity contribution in [2.45, 2.75) is 25.6 Å². The summed E-state index contributed by atoms with van der Waals surface area (Å²) in [7, 11) is 1.57. The summed E-state index contributed by atoms with van der Waals surface area (Å²) < 4.78 is 45.3. The van der Waals surface area contributed by atoms with E-state index < -0.39 is 18.8 Å². The Labute approximate surface area is 126 Å². The molecule has 22 heavy (non-hydrogen) atoms. The number of aromatic nitrogens is 1. The largest absolute Gasteiger partial charge is 0.468 e. The number of halogens is 3. The molecule has 1 aromatic rings. The van der Waals surface area contributed by atoms with Crippen LogP contribution in [0.4, 0.5) is 23.7 Å². The number of anilines is 1. The van der Waals surface area contributed by atoms with Gasteiger partial charge in [-0.1, -0.05) is 0 Å². The zero-order valence-corrected chi connectivity index (χ0v) is 12.2. The maximum atomic E-state index is 12.0. The van der Waals surface area contributed by atoms with Gasteiger partial charge in [-0.25, -0.2) is 9.78 Å². The Morgan fingerprint density at radius 2 is 2.14 bits per heavy atom. The third-order valence-corrected chi connectivity index (χ3v) is 2.51. The number of methoxy groups -OCH3 is 1. The Hall–Kier alpha value is -2.03. The number of ether oxygens (including phenoxy) is 2. The fourth-order valence-electron chi connectivity index (χ4n) is 1.45. The number of hydrogen-bond donors (Lipinski definition) is 2. The molecule has 1 rings (SSSR count). The van der Waals surface area contributed by atoms with Gasteiger partial charge in [0.2, 0.25) is 5.88 Å². The lowest BCUT2D eigenvalue weighted by Crippen LogP contribution is -2.36. The summed E-state index contributed by atoms with van der Waals surface area (Å²) in [6, 6.07) is 2.13. The molecule has 2 amide bonds. The van der Waals surface area contributed by atoms with E-state index in [0.29, 0.717) is 18.7 Å². The average molecular weight is 321 g/mol. The van der Waals surface area contributed by atoms with Crippen LogP contribution < -0.4 is 15.4 Å². The Morgan fingerprint density at radius 3 is 2.68 bits per heavy atom. The molecule has 0 aliphatic heterocycles. The van der Waals surface area contributed by atoms with Crippen molar-refractivity contribution in [3.8, 4) is 5.88 Å². The van der Waals surface area contributed by atoms with Gasteiger partial charge >= 0.3 is 12.2 Å². The van der Waals surface area contributed by atoms with E-state index in [4.69, 9.17) is 4.74 Å². The smallest absolute Gasteiger partial charge is 0.422 e. The quantitative estimate of drug-likeness (QED) is 0.809. The molecule has 1 heterocycles. The van der Waals surface area contributed by atoms with Gasteiger partial charge in [0, 0.05) is 25.8 Å². The summed E-state index contributed by atoms with van der Waals surface area (Å²) in [6.45, 7) is 0.934. The van der Waals surface area contributed by atoms with Crippen LogP contribution in [-0.2, 0) is 4.74 Å². The second-order valence-electron chi connectivity index (χ2n) is 4.57. The Kier molecular flexibility index (Phi) is 6.90. The van der Waals surface area contributed by atoms with E-state index in [-0.39, 0.29) is 11.9 Å². The van der Waals surface area contributed by atoms with Crippen LogP contribution in [0.25, 0.3) is 0 Å². The number of alkyl halides is 3. The number of nitrogens with one attached hydrogen (secondary N) is 2. The summed E-state index contributed by atoms with van der Waals surface area (Å²) in [4.78, 5) is 15.3. The average Bonchev–Trinajstić information content (AvgIpc) is 2.43. The van der Waals surface area contributed by atoms with Gasteiger partial charge in [-0.2, -0.15) is 13.2 Å². The van der Waals surface area contributed by atoms with E-state index in [2.05, 4.69) is 20.4 Å². The monoisotopic (exact) mass is 321 g/mol. The normalized spacial score (nSPS) is 12.6. The first-order valence-corrected chi connectivity index (χ1v) is 6.52. The number of pyridine rings is 1. The number of hydrogen-bond acceptors (Lipinski definition) is 4. The van der Waals surface area contributed by atoms with Crippen molar-refractivity contribution in [1.82, 2.24) is 10.3 Å². The van der Waals surface area contributed by atoms with Crippen LogP contribution >= 0.6 is 0 Å². The summed E-state index contributed by atoms with van der Waals surface area (Å²) in [5.74, 6) is -0.170. The van der Waals surface area contributed by atoms with Crippen molar-refractivity contribution in [2.75, 3.05) is 25.6 Å². The van der Waals surface area contributed by atoms with Crippen molar-refractivity contribution in [2.24, 2.45) is 0 Å². The first kappa shape index (κ1) is 18.0. The minimum atomic E-state index is -4.42. The molecule has 0 fully saturated rings. The number of nitrogens with zero attached hydrogens (tertiary/aromatic N) is 1. The van der Waals surface area contributed by atoms with Crippen LogP contribution in [0.1, 0.15) is 13.3 Å². The molecule has 0 spiro atoms. The molecule has 9 heteroatoms. The summed E-state index contributed by atoms with van der Waals surface area (Å²) in [5, 5.41) is 5.20. The number of rotatable bonds is 7. The van der Waals surface area contributed by atoms with Crippen LogP contribution in [0.3, 0.4) is 0 Å². The highest BCUT2D eigenvalue weighted by Crippen LogP contribution is 2.17. The van der Waals surface area contributed by atoms with Gasteiger partial charge in [0.25, 0.3) is 0 Å². The molecule has 124 valence electrons. The van der Waals surface area contributed by atoms with Crippen molar-refractivity contribution >= 4 is 11.7 Å². The standard InChI is InChI=1S/C13H18F3N3O3/c1-9(5-6-21-2)18-12(20)19-10-3-4-11(17-7-10)22-8-13(14,15)16/h3-4,7,9H,5-6,8H2,1-2H3,(H2,18,19,20). The molecule has 6 nitrogen and oxygen atoms in total. The minimum absolute atomic E-state index is 0.0812.